The van der Waals surface area contributed by atoms with Crippen molar-refractivity contribution in [2.75, 3.05) is 13.2 Å². The fraction of sp³-hybridized carbons (Fsp3) is 0.500. The van der Waals surface area contributed by atoms with Crippen LogP contribution in [-0.2, 0) is 14.2 Å². The Hall–Kier alpha value is -3.05. The number of aromatic hydroxyl groups is 2. The van der Waals surface area contributed by atoms with E-state index in [1.165, 1.54) is 18.2 Å². The molecule has 0 unspecified atom stereocenters. The van der Waals surface area contributed by atoms with Crippen LogP contribution in [0.4, 0.5) is 0 Å². The predicted octanol–water partition coefficient (Wildman–Crippen LogP) is -1.55. The maximum atomic E-state index is 12.8. The largest absolute Gasteiger partial charge is 0.508 e. The van der Waals surface area contributed by atoms with Gasteiger partial charge >= 0.3 is 0 Å². The number of aliphatic hydroxyl groups excluding tert-OH is 6. The van der Waals surface area contributed by atoms with Crippen LogP contribution < -0.4 is 9.47 Å². The molecule has 3 aliphatic rings. The topological polar surface area (TPSA) is 225 Å². The molecule has 0 bridgehead atoms. The summed E-state index contributed by atoms with van der Waals surface area (Å²) in [6.45, 7) is -0.791. The molecule has 10 atom stereocenters. The van der Waals surface area contributed by atoms with Gasteiger partial charge < -0.3 is 64.5 Å². The molecule has 0 spiro atoms. The fourth-order valence-corrected chi connectivity index (χ4v) is 4.76. The molecule has 2 saturated heterocycles. The summed E-state index contributed by atoms with van der Waals surface area (Å²) in [5.74, 6) is -0.889. The Balaban J connectivity index is 1.29. The highest BCUT2D eigenvalue weighted by molar-refractivity contribution is 6.02. The van der Waals surface area contributed by atoms with E-state index < -0.39 is 79.6 Å². The van der Waals surface area contributed by atoms with Crippen LogP contribution in [0.5, 0.6) is 23.0 Å². The molecule has 0 radical (unpaired) electrons. The molecule has 8 N–H and O–H groups in total. The maximum Gasteiger partial charge on any atom is 0.229 e. The van der Waals surface area contributed by atoms with Crippen LogP contribution in [0.3, 0.4) is 0 Å². The lowest BCUT2D eigenvalue weighted by atomic mass is 9.95. The number of phenolic OH excluding ortho intramolecular Hbond substituents is 2. The quantitative estimate of drug-likeness (QED) is 0.198. The lowest BCUT2D eigenvalue weighted by Crippen LogP contribution is -2.61. The average Bonchev–Trinajstić information content (AvgIpc) is 2.92. The van der Waals surface area contributed by atoms with Crippen molar-refractivity contribution >= 4 is 5.78 Å². The Morgan fingerprint density at radius 1 is 0.850 bits per heavy atom. The van der Waals surface area contributed by atoms with Crippen LogP contribution in [0.2, 0.25) is 0 Å². The molecule has 0 aromatic heterocycles. The fourth-order valence-electron chi connectivity index (χ4n) is 4.76. The lowest BCUT2D eigenvalue weighted by molar-refractivity contribution is -0.307. The molecule has 3 heterocycles. The normalized spacial score (nSPS) is 36.0. The van der Waals surface area contributed by atoms with E-state index in [1.807, 2.05) is 0 Å². The number of fused-ring (bicyclic) bond motifs is 1. The highest BCUT2D eigenvalue weighted by Crippen LogP contribution is 2.42. The zero-order valence-corrected chi connectivity index (χ0v) is 20.9. The molecule has 2 aromatic rings. The van der Waals surface area contributed by atoms with Gasteiger partial charge in [0.15, 0.2) is 12.1 Å². The van der Waals surface area contributed by atoms with E-state index in [0.717, 1.165) is 6.07 Å². The predicted molar refractivity (Wildman–Crippen MR) is 130 cm³/mol. The van der Waals surface area contributed by atoms with E-state index in [-0.39, 0.29) is 35.8 Å². The van der Waals surface area contributed by atoms with Gasteiger partial charge in [0, 0.05) is 12.1 Å². The summed E-state index contributed by atoms with van der Waals surface area (Å²) in [5.41, 5.74) is 0.551. The number of carbonyl (C=O) groups excluding carboxylic acids is 1. The summed E-state index contributed by atoms with van der Waals surface area (Å²) < 4.78 is 27.7. The first-order valence-electron chi connectivity index (χ1n) is 12.5. The third kappa shape index (κ3) is 5.58. The average molecular weight is 567 g/mol. The molecule has 14 nitrogen and oxygen atoms in total. The van der Waals surface area contributed by atoms with Crippen molar-refractivity contribution in [1.82, 2.24) is 0 Å². The smallest absolute Gasteiger partial charge is 0.229 e. The highest BCUT2D eigenvalue weighted by Gasteiger charge is 2.46. The second kappa shape index (κ2) is 11.4. The molecule has 0 aliphatic carbocycles. The molecular formula is C26H30O14. The number of carbonyl (C=O) groups is 1. The van der Waals surface area contributed by atoms with Gasteiger partial charge in [0.25, 0.3) is 0 Å². The summed E-state index contributed by atoms with van der Waals surface area (Å²) in [7, 11) is 0. The minimum atomic E-state index is -1.75. The Bertz CT molecular complexity index is 1200. The van der Waals surface area contributed by atoms with Crippen molar-refractivity contribution in [3.8, 4) is 23.0 Å². The first-order valence-corrected chi connectivity index (χ1v) is 12.5. The molecule has 3 aliphatic heterocycles. The van der Waals surface area contributed by atoms with Gasteiger partial charge in [-0.05, 0) is 17.7 Å². The number of phenols is 2. The van der Waals surface area contributed by atoms with Gasteiger partial charge in [0.2, 0.25) is 6.29 Å². The van der Waals surface area contributed by atoms with Gasteiger partial charge in [-0.25, -0.2) is 0 Å². The van der Waals surface area contributed by atoms with E-state index in [1.54, 1.807) is 12.1 Å². The van der Waals surface area contributed by atoms with E-state index in [0.29, 0.717) is 5.56 Å². The number of rotatable bonds is 6. The van der Waals surface area contributed by atoms with Crippen molar-refractivity contribution in [3.05, 3.63) is 47.5 Å². The van der Waals surface area contributed by atoms with Crippen LogP contribution in [-0.4, -0.2) is 115 Å². The number of ketones is 1. The van der Waals surface area contributed by atoms with Crippen molar-refractivity contribution in [1.29, 1.82) is 0 Å². The second-order valence-corrected chi connectivity index (χ2v) is 9.86. The minimum Gasteiger partial charge on any atom is -0.508 e. The van der Waals surface area contributed by atoms with Crippen molar-refractivity contribution in [3.63, 3.8) is 0 Å². The molecular weight excluding hydrogens is 536 g/mol. The first kappa shape index (κ1) is 28.5. The Morgan fingerprint density at radius 3 is 2.27 bits per heavy atom. The molecule has 2 aromatic carbocycles. The zero-order valence-electron chi connectivity index (χ0n) is 20.9. The van der Waals surface area contributed by atoms with Crippen LogP contribution in [0.25, 0.3) is 0 Å². The molecule has 2 fully saturated rings. The number of benzene rings is 2. The van der Waals surface area contributed by atoms with Gasteiger partial charge in [-0.2, -0.15) is 0 Å². The summed E-state index contributed by atoms with van der Waals surface area (Å²) in [5, 5.41) is 80.7. The SMILES string of the molecule is O=C1C[C@H](c2ccc(O)cc2)Oc2cc(O[C@@H]3O[C@H](CO[C@H]4OC[C@@H](O)[C@H](O)[C@H]4O)[C@@H](O)[C@H](O)[C@H]3O)cc(O)c21. The van der Waals surface area contributed by atoms with E-state index in [2.05, 4.69) is 0 Å². The van der Waals surface area contributed by atoms with Crippen LogP contribution in [0.15, 0.2) is 36.4 Å². The van der Waals surface area contributed by atoms with Gasteiger partial charge in [0.05, 0.1) is 19.6 Å². The molecule has 0 saturated carbocycles. The Labute approximate surface area is 227 Å². The van der Waals surface area contributed by atoms with Crippen LogP contribution >= 0.6 is 0 Å². The summed E-state index contributed by atoms with van der Waals surface area (Å²) in [6, 6.07) is 8.50. The minimum absolute atomic E-state index is 0.000675. The number of aliphatic hydroxyl groups is 6. The molecule has 14 heteroatoms. The number of ether oxygens (including phenoxy) is 5. The van der Waals surface area contributed by atoms with Crippen molar-refractivity contribution in [2.24, 2.45) is 0 Å². The second-order valence-electron chi connectivity index (χ2n) is 9.86. The molecule has 0 amide bonds. The number of hydrogen-bond acceptors (Lipinski definition) is 14. The van der Waals surface area contributed by atoms with Crippen LogP contribution in [0, 0.1) is 0 Å². The molecule has 40 heavy (non-hydrogen) atoms. The summed E-state index contributed by atoms with van der Waals surface area (Å²) in [4.78, 5) is 12.8. The maximum absolute atomic E-state index is 12.8. The van der Waals surface area contributed by atoms with Gasteiger partial charge in [-0.1, -0.05) is 12.1 Å². The Morgan fingerprint density at radius 2 is 1.55 bits per heavy atom. The number of hydrogen-bond donors (Lipinski definition) is 8. The van der Waals surface area contributed by atoms with E-state index >= 15 is 0 Å². The van der Waals surface area contributed by atoms with Crippen molar-refractivity contribution in [2.45, 2.75) is 67.8 Å². The zero-order chi connectivity index (χ0) is 28.7. The van der Waals surface area contributed by atoms with E-state index in [9.17, 15) is 45.6 Å². The van der Waals surface area contributed by atoms with Gasteiger partial charge in [0.1, 0.15) is 77.4 Å². The molecule has 218 valence electrons. The summed E-state index contributed by atoms with van der Waals surface area (Å²) in [6.07, 6.45) is -14.6. The van der Waals surface area contributed by atoms with E-state index in [4.69, 9.17) is 23.7 Å². The van der Waals surface area contributed by atoms with Gasteiger partial charge in [-0.15, -0.1) is 0 Å². The standard InChI is InChI=1S/C26H30O14/c27-11-3-1-10(2-4-11)16-7-14(29)19-13(28)5-12(6-17(19)39-16)38-26-24(35)22(33)21(32)18(40-26)9-37-25-23(34)20(31)15(30)8-36-25/h1-6,15-16,18,20-28,30-35H,7-9H2/t15-,16-,18-,20+,21-,22+,23-,24-,25-,26-/m1/s1. The number of Topliss-reactive ketones (excluding diaryl/α,β-unsaturated/α-hetero) is 1. The highest BCUT2D eigenvalue weighted by atomic mass is 16.7. The van der Waals surface area contributed by atoms with Gasteiger partial charge in [-0.3, -0.25) is 4.79 Å². The lowest BCUT2D eigenvalue weighted by Gasteiger charge is -2.41. The van der Waals surface area contributed by atoms with Crippen LogP contribution in [0.1, 0.15) is 28.4 Å². The summed E-state index contributed by atoms with van der Waals surface area (Å²) >= 11 is 0. The molecule has 5 rings (SSSR count). The first-order chi connectivity index (χ1) is 19.0. The Kier molecular flexibility index (Phi) is 8.15. The third-order valence-corrected chi connectivity index (χ3v) is 7.04. The van der Waals surface area contributed by atoms with Crippen molar-refractivity contribution < 1.29 is 69.3 Å². The third-order valence-electron chi connectivity index (χ3n) is 7.04. The monoisotopic (exact) mass is 566 g/mol.